The van der Waals surface area contributed by atoms with E-state index in [1.165, 1.54) is 44.6 Å². The lowest BCUT2D eigenvalue weighted by molar-refractivity contribution is 0.345. The molecule has 0 atom stereocenters. The lowest BCUT2D eigenvalue weighted by atomic mass is 9.88. The van der Waals surface area contributed by atoms with Crippen LogP contribution in [0.25, 0.3) is 0 Å². The van der Waals surface area contributed by atoms with Crippen LogP contribution in [-0.2, 0) is 4.12 Å². The molecule has 1 rings (SSSR count). The van der Waals surface area contributed by atoms with Crippen LogP contribution in [-0.4, -0.2) is 16.6 Å². The molecule has 0 saturated heterocycles. The van der Waals surface area contributed by atoms with Gasteiger partial charge in [0.1, 0.15) is 0 Å². The van der Waals surface area contributed by atoms with Gasteiger partial charge in [0.05, 0.1) is 0 Å². The predicted molar refractivity (Wildman–Crippen MR) is 77.9 cm³/mol. The van der Waals surface area contributed by atoms with E-state index in [9.17, 15) is 0 Å². The maximum atomic E-state index is 6.39. The van der Waals surface area contributed by atoms with Gasteiger partial charge in [-0.3, -0.25) is 0 Å². The first kappa shape index (κ1) is 14.5. The van der Waals surface area contributed by atoms with Gasteiger partial charge in [0.2, 0.25) is 0 Å². The van der Waals surface area contributed by atoms with Crippen LogP contribution in [0.2, 0.25) is 38.8 Å². The summed E-state index contributed by atoms with van der Waals surface area (Å²) in [7, 11) is -2.68. The lowest BCUT2D eigenvalue weighted by Crippen LogP contribution is -2.42. The van der Waals surface area contributed by atoms with Crippen molar-refractivity contribution in [3.05, 3.63) is 0 Å². The van der Waals surface area contributed by atoms with Crippen LogP contribution in [0.1, 0.15) is 38.5 Å². The maximum absolute atomic E-state index is 6.39. The van der Waals surface area contributed by atoms with Gasteiger partial charge in [0.15, 0.2) is 16.6 Å². The van der Waals surface area contributed by atoms with E-state index in [4.69, 9.17) is 4.12 Å². The summed E-state index contributed by atoms with van der Waals surface area (Å²) in [5.74, 6) is 1.02. The van der Waals surface area contributed by atoms with Crippen LogP contribution in [0.15, 0.2) is 0 Å². The maximum Gasteiger partial charge on any atom is 0.173 e. The van der Waals surface area contributed by atoms with E-state index in [-0.39, 0.29) is 0 Å². The fraction of sp³-hybridized carbons (Fsp3) is 1.00. The zero-order chi connectivity index (χ0) is 12.2. The number of hydrogen-bond acceptors (Lipinski definition) is 1. The molecular weight excluding hydrogens is 228 g/mol. The van der Waals surface area contributed by atoms with Crippen molar-refractivity contribution in [2.75, 3.05) is 0 Å². The fourth-order valence-electron chi connectivity index (χ4n) is 2.91. The van der Waals surface area contributed by atoms with E-state index in [0.29, 0.717) is 0 Å². The number of rotatable bonds is 5. The van der Waals surface area contributed by atoms with Gasteiger partial charge in [-0.05, 0) is 44.7 Å². The molecule has 0 aliphatic heterocycles. The predicted octanol–water partition coefficient (Wildman–Crippen LogP) is 5.01. The van der Waals surface area contributed by atoms with Crippen LogP contribution in [0.5, 0.6) is 0 Å². The summed E-state index contributed by atoms with van der Waals surface area (Å²) in [6.45, 7) is 11.8. The molecule has 0 aromatic rings. The molecule has 1 aliphatic rings. The molecule has 16 heavy (non-hydrogen) atoms. The zero-order valence-corrected chi connectivity index (χ0v) is 13.9. The first-order chi connectivity index (χ1) is 7.29. The standard InChI is InChI=1S/C13H30OSi2/c1-15(2,3)14-16(4,5)12-11-13-9-7-6-8-10-13/h13H,6-12H2,1-5H3. The Hall–Kier alpha value is 0.394. The highest BCUT2D eigenvalue weighted by Crippen LogP contribution is 2.30. The molecular formula is C13H30OSi2. The SMILES string of the molecule is C[Si](C)(C)O[Si](C)(C)CCC1CCCCC1. The second kappa shape index (κ2) is 5.83. The molecule has 1 saturated carbocycles. The quantitative estimate of drug-likeness (QED) is 0.630. The van der Waals surface area contributed by atoms with Gasteiger partial charge in [0, 0.05) is 0 Å². The zero-order valence-electron chi connectivity index (χ0n) is 11.9. The lowest BCUT2D eigenvalue weighted by Gasteiger charge is -2.33. The Labute approximate surface area is 104 Å². The Morgan fingerprint density at radius 3 is 2.00 bits per heavy atom. The van der Waals surface area contributed by atoms with Crippen molar-refractivity contribution in [1.82, 2.24) is 0 Å². The van der Waals surface area contributed by atoms with E-state index in [2.05, 4.69) is 32.7 Å². The third-order valence-corrected chi connectivity index (χ3v) is 9.61. The minimum absolute atomic E-state index is 1.02. The molecule has 3 heteroatoms. The second-order valence-corrected chi connectivity index (χ2v) is 16.1. The van der Waals surface area contributed by atoms with Crippen LogP contribution >= 0.6 is 0 Å². The summed E-state index contributed by atoms with van der Waals surface area (Å²) >= 11 is 0. The largest absolute Gasteiger partial charge is 0.456 e. The first-order valence-electron chi connectivity index (χ1n) is 6.99. The average molecular weight is 259 g/mol. The van der Waals surface area contributed by atoms with Gasteiger partial charge < -0.3 is 4.12 Å². The Morgan fingerprint density at radius 1 is 0.938 bits per heavy atom. The first-order valence-corrected chi connectivity index (χ1v) is 13.5. The smallest absolute Gasteiger partial charge is 0.173 e. The summed E-state index contributed by atoms with van der Waals surface area (Å²) in [6.07, 6.45) is 8.82. The van der Waals surface area contributed by atoms with E-state index in [1.807, 2.05) is 0 Å². The molecule has 1 nitrogen and oxygen atoms in total. The number of hydrogen-bond donors (Lipinski definition) is 0. The minimum Gasteiger partial charge on any atom is -0.456 e. The van der Waals surface area contributed by atoms with Crippen molar-refractivity contribution in [1.29, 1.82) is 0 Å². The summed E-state index contributed by atoms with van der Waals surface area (Å²) < 4.78 is 6.39. The molecule has 1 fully saturated rings. The molecule has 0 heterocycles. The van der Waals surface area contributed by atoms with E-state index >= 15 is 0 Å². The van der Waals surface area contributed by atoms with Crippen molar-refractivity contribution in [3.8, 4) is 0 Å². The van der Waals surface area contributed by atoms with Gasteiger partial charge in [-0.1, -0.05) is 38.5 Å². The monoisotopic (exact) mass is 258 g/mol. The topological polar surface area (TPSA) is 9.23 Å². The Kier molecular flexibility index (Phi) is 5.26. The molecule has 0 radical (unpaired) electrons. The van der Waals surface area contributed by atoms with Gasteiger partial charge in [-0.15, -0.1) is 0 Å². The van der Waals surface area contributed by atoms with Crippen LogP contribution in [0, 0.1) is 5.92 Å². The van der Waals surface area contributed by atoms with Gasteiger partial charge >= 0.3 is 0 Å². The highest BCUT2D eigenvalue weighted by atomic mass is 28.4. The van der Waals surface area contributed by atoms with Crippen LogP contribution in [0.3, 0.4) is 0 Å². The van der Waals surface area contributed by atoms with E-state index < -0.39 is 16.6 Å². The minimum atomic E-state index is -1.36. The molecule has 0 amide bonds. The van der Waals surface area contributed by atoms with E-state index in [0.717, 1.165) is 5.92 Å². The molecule has 0 unspecified atom stereocenters. The highest BCUT2D eigenvalue weighted by Gasteiger charge is 2.30. The van der Waals surface area contributed by atoms with Crippen molar-refractivity contribution in [2.45, 2.75) is 77.3 Å². The van der Waals surface area contributed by atoms with Gasteiger partial charge in [0.25, 0.3) is 0 Å². The molecule has 0 bridgehead atoms. The van der Waals surface area contributed by atoms with Crippen LogP contribution < -0.4 is 0 Å². The van der Waals surface area contributed by atoms with Crippen molar-refractivity contribution in [3.63, 3.8) is 0 Å². The Balaban J connectivity index is 2.29. The van der Waals surface area contributed by atoms with Crippen molar-refractivity contribution in [2.24, 2.45) is 5.92 Å². The molecule has 0 N–H and O–H groups in total. The second-order valence-electron chi connectivity index (χ2n) is 7.02. The third kappa shape index (κ3) is 6.21. The summed E-state index contributed by atoms with van der Waals surface area (Å²) in [5.41, 5.74) is 0. The van der Waals surface area contributed by atoms with Crippen molar-refractivity contribution >= 4 is 16.6 Å². The summed E-state index contributed by atoms with van der Waals surface area (Å²) in [6, 6.07) is 1.38. The highest BCUT2D eigenvalue weighted by molar-refractivity contribution is 6.84. The van der Waals surface area contributed by atoms with Gasteiger partial charge in [-0.2, -0.15) is 0 Å². The van der Waals surface area contributed by atoms with Gasteiger partial charge in [-0.25, -0.2) is 0 Å². The summed E-state index contributed by atoms with van der Waals surface area (Å²) in [5, 5.41) is 0. The van der Waals surface area contributed by atoms with E-state index in [1.54, 1.807) is 0 Å². The third-order valence-electron chi connectivity index (χ3n) is 3.46. The fourth-order valence-corrected chi connectivity index (χ4v) is 11.1. The summed E-state index contributed by atoms with van der Waals surface area (Å²) in [4.78, 5) is 0. The molecule has 0 spiro atoms. The average Bonchev–Trinajstić information content (AvgIpc) is 2.13. The molecule has 0 aromatic heterocycles. The Bertz CT molecular complexity index is 202. The van der Waals surface area contributed by atoms with Crippen molar-refractivity contribution < 1.29 is 4.12 Å². The van der Waals surface area contributed by atoms with Crippen LogP contribution in [0.4, 0.5) is 0 Å². The molecule has 1 aliphatic carbocycles. The molecule has 96 valence electrons. The normalized spacial score (nSPS) is 20.1. The Morgan fingerprint density at radius 2 is 1.50 bits per heavy atom. The molecule has 0 aromatic carbocycles.